The lowest BCUT2D eigenvalue weighted by atomic mass is 9.76. The fraction of sp³-hybridized carbons (Fsp3) is 0.682. The Morgan fingerprint density at radius 3 is 2.54 bits per heavy atom. The van der Waals surface area contributed by atoms with Crippen LogP contribution < -0.4 is 0 Å². The van der Waals surface area contributed by atoms with E-state index in [0.29, 0.717) is 11.5 Å². The quantitative estimate of drug-likeness (QED) is 0.757. The van der Waals surface area contributed by atoms with Crippen molar-refractivity contribution in [3.8, 4) is 0 Å². The van der Waals surface area contributed by atoms with Crippen LogP contribution in [0.3, 0.4) is 0 Å². The van der Waals surface area contributed by atoms with Crippen molar-refractivity contribution >= 4 is 6.47 Å². The van der Waals surface area contributed by atoms with Crippen molar-refractivity contribution in [3.63, 3.8) is 0 Å². The van der Waals surface area contributed by atoms with Crippen molar-refractivity contribution in [2.75, 3.05) is 20.2 Å². The molecule has 1 aliphatic carbocycles. The number of benzene rings is 1. The molecule has 4 nitrogen and oxygen atoms in total. The topological polar surface area (TPSA) is 49.8 Å². The molecule has 0 bridgehead atoms. The maximum atomic E-state index is 8.36. The lowest BCUT2D eigenvalue weighted by Gasteiger charge is -2.43. The first-order valence-corrected chi connectivity index (χ1v) is 10.1. The Kier molecular flexibility index (Phi) is 8.60. The summed E-state index contributed by atoms with van der Waals surface area (Å²) in [5, 5.41) is 6.89. The zero-order chi connectivity index (χ0) is 18.8. The van der Waals surface area contributed by atoms with Gasteiger partial charge in [0.25, 0.3) is 6.47 Å². The molecule has 3 rings (SSSR count). The Balaban J connectivity index is 0.000000758. The van der Waals surface area contributed by atoms with E-state index < -0.39 is 0 Å². The molecule has 1 N–H and O–H groups in total. The molecule has 4 heteroatoms. The van der Waals surface area contributed by atoms with Gasteiger partial charge in [0.1, 0.15) is 0 Å². The van der Waals surface area contributed by atoms with E-state index in [2.05, 4.69) is 36.1 Å². The van der Waals surface area contributed by atoms with E-state index in [1.807, 2.05) is 7.11 Å². The minimum atomic E-state index is -0.250. The fourth-order valence-corrected chi connectivity index (χ4v) is 4.78. The van der Waals surface area contributed by atoms with Crippen LogP contribution in [0.1, 0.15) is 63.0 Å². The molecule has 1 heterocycles. The van der Waals surface area contributed by atoms with Crippen LogP contribution in [0.5, 0.6) is 0 Å². The van der Waals surface area contributed by atoms with Crippen molar-refractivity contribution in [1.29, 1.82) is 0 Å². The van der Waals surface area contributed by atoms with Gasteiger partial charge in [-0.1, -0.05) is 44.0 Å². The van der Waals surface area contributed by atoms with Gasteiger partial charge in [0, 0.05) is 25.6 Å². The van der Waals surface area contributed by atoms with E-state index in [1.165, 1.54) is 75.6 Å². The summed E-state index contributed by atoms with van der Waals surface area (Å²) in [6, 6.07) is 9.35. The molecule has 0 unspecified atom stereocenters. The largest absolute Gasteiger partial charge is 0.483 e. The van der Waals surface area contributed by atoms with Gasteiger partial charge in [0.15, 0.2) is 0 Å². The number of hydrogen-bond donors (Lipinski definition) is 1. The first-order chi connectivity index (χ1) is 12.7. The van der Waals surface area contributed by atoms with E-state index in [-0.39, 0.29) is 6.47 Å². The van der Waals surface area contributed by atoms with Gasteiger partial charge in [-0.15, -0.1) is 0 Å². The van der Waals surface area contributed by atoms with Gasteiger partial charge < -0.3 is 9.84 Å². The molecular formula is C22H35NO3. The normalized spacial score (nSPS) is 25.7. The third-order valence-electron chi connectivity index (χ3n) is 6.04. The van der Waals surface area contributed by atoms with Crippen LogP contribution in [0.2, 0.25) is 0 Å². The fourth-order valence-electron chi connectivity index (χ4n) is 4.78. The number of piperidine rings is 1. The van der Waals surface area contributed by atoms with Gasteiger partial charge in [-0.05, 0) is 56.2 Å². The van der Waals surface area contributed by atoms with Crippen molar-refractivity contribution in [3.05, 3.63) is 35.4 Å². The molecule has 1 aliphatic heterocycles. The number of methoxy groups -OCH3 is 1. The number of ether oxygens (including phenoxy) is 1. The Bertz CT molecular complexity index is 531. The third kappa shape index (κ3) is 5.55. The predicted octanol–water partition coefficient (Wildman–Crippen LogP) is 4.51. The van der Waals surface area contributed by atoms with Crippen molar-refractivity contribution < 1.29 is 14.6 Å². The van der Waals surface area contributed by atoms with Gasteiger partial charge >= 0.3 is 0 Å². The summed E-state index contributed by atoms with van der Waals surface area (Å²) in [7, 11) is 1.91. The Hall–Kier alpha value is -1.39. The molecule has 0 amide bonds. The number of likely N-dealkylation sites (tertiary alicyclic amines) is 1. The molecule has 1 saturated heterocycles. The molecule has 0 aromatic heterocycles. The summed E-state index contributed by atoms with van der Waals surface area (Å²) in [6.45, 7) is 5.59. The van der Waals surface area contributed by atoms with Gasteiger partial charge in [0.05, 0.1) is 6.10 Å². The van der Waals surface area contributed by atoms with Gasteiger partial charge in [-0.3, -0.25) is 9.69 Å². The maximum absolute atomic E-state index is 8.36. The summed E-state index contributed by atoms with van der Waals surface area (Å²) in [4.78, 5) is 11.0. The molecule has 2 aliphatic rings. The zero-order valence-electron chi connectivity index (χ0n) is 16.5. The van der Waals surface area contributed by atoms with E-state index in [0.717, 1.165) is 6.54 Å². The van der Waals surface area contributed by atoms with Crippen LogP contribution in [0.15, 0.2) is 24.3 Å². The lowest BCUT2D eigenvalue weighted by Crippen LogP contribution is -2.47. The average molecular weight is 362 g/mol. The van der Waals surface area contributed by atoms with E-state index >= 15 is 0 Å². The van der Waals surface area contributed by atoms with E-state index in [4.69, 9.17) is 14.6 Å². The predicted molar refractivity (Wildman–Crippen MR) is 105 cm³/mol. The number of hydrogen-bond acceptors (Lipinski definition) is 3. The Morgan fingerprint density at radius 2 is 1.88 bits per heavy atom. The maximum Gasteiger partial charge on any atom is 0.290 e. The molecule has 2 fully saturated rings. The number of nitrogens with zero attached hydrogens (tertiary/aromatic N) is 1. The molecular weight excluding hydrogens is 326 g/mol. The smallest absolute Gasteiger partial charge is 0.290 e. The number of carboxylic acid groups (broad SMARTS) is 1. The highest BCUT2D eigenvalue weighted by atomic mass is 16.5. The first-order valence-electron chi connectivity index (χ1n) is 10.1. The highest BCUT2D eigenvalue weighted by Crippen LogP contribution is 2.46. The van der Waals surface area contributed by atoms with Gasteiger partial charge in [-0.2, -0.15) is 0 Å². The summed E-state index contributed by atoms with van der Waals surface area (Å²) in [5.41, 5.74) is 3.39. The van der Waals surface area contributed by atoms with Crippen molar-refractivity contribution in [2.24, 2.45) is 5.41 Å². The van der Waals surface area contributed by atoms with Crippen LogP contribution in [-0.4, -0.2) is 42.8 Å². The van der Waals surface area contributed by atoms with E-state index in [1.54, 1.807) is 0 Å². The number of aryl methyl sites for hydroxylation is 1. The summed E-state index contributed by atoms with van der Waals surface area (Å²) >= 11 is 0. The highest BCUT2D eigenvalue weighted by Gasteiger charge is 2.45. The minimum absolute atomic E-state index is 0.250. The molecule has 1 spiro atoms. The van der Waals surface area contributed by atoms with Crippen LogP contribution >= 0.6 is 0 Å². The minimum Gasteiger partial charge on any atom is -0.483 e. The summed E-state index contributed by atoms with van der Waals surface area (Å²) < 4.78 is 5.83. The van der Waals surface area contributed by atoms with Crippen LogP contribution in [0.4, 0.5) is 0 Å². The molecule has 2 atom stereocenters. The molecule has 1 aromatic carbocycles. The monoisotopic (exact) mass is 361 g/mol. The van der Waals surface area contributed by atoms with Crippen molar-refractivity contribution in [1.82, 2.24) is 4.90 Å². The Morgan fingerprint density at radius 1 is 1.23 bits per heavy atom. The number of unbranched alkanes of at least 4 members (excludes halogenated alkanes) is 1. The van der Waals surface area contributed by atoms with Crippen LogP contribution in [0, 0.1) is 5.41 Å². The van der Waals surface area contributed by atoms with Crippen molar-refractivity contribution in [2.45, 2.75) is 70.9 Å². The highest BCUT2D eigenvalue weighted by molar-refractivity contribution is 5.32. The summed E-state index contributed by atoms with van der Waals surface area (Å²) in [5.74, 6) is 0. The second kappa shape index (κ2) is 10.7. The molecule has 1 saturated carbocycles. The van der Waals surface area contributed by atoms with E-state index in [9.17, 15) is 0 Å². The molecule has 26 heavy (non-hydrogen) atoms. The summed E-state index contributed by atoms with van der Waals surface area (Å²) in [6.07, 6.45) is 10.9. The standard InChI is InChI=1S/C21H33NO.CH2O2/c1-3-4-7-18-9-11-19(12-10-18)16-22-15-6-14-21(17-22)13-5-8-20(21)23-2;2-1-3/h9-12,20H,3-8,13-17H2,1-2H3;1H,(H,2,3)/t20-,21-;/m1./s1. The number of carbonyl (C=O) groups is 1. The van der Waals surface area contributed by atoms with Crippen LogP contribution in [-0.2, 0) is 22.5 Å². The molecule has 1 aromatic rings. The number of rotatable bonds is 6. The first kappa shape index (κ1) is 20.9. The van der Waals surface area contributed by atoms with Crippen LogP contribution in [0.25, 0.3) is 0 Å². The molecule has 146 valence electrons. The second-order valence-corrected chi connectivity index (χ2v) is 7.82. The van der Waals surface area contributed by atoms with Gasteiger partial charge in [0.2, 0.25) is 0 Å². The lowest BCUT2D eigenvalue weighted by molar-refractivity contribution is -0.122. The third-order valence-corrected chi connectivity index (χ3v) is 6.04. The Labute approximate surface area is 158 Å². The average Bonchev–Trinajstić information content (AvgIpc) is 3.03. The second-order valence-electron chi connectivity index (χ2n) is 7.82. The molecule has 0 radical (unpaired) electrons. The zero-order valence-corrected chi connectivity index (χ0v) is 16.5. The van der Waals surface area contributed by atoms with Gasteiger partial charge in [-0.25, -0.2) is 0 Å². The SMILES string of the molecule is CCCCc1ccc(CN2CCC[C@]3(CCC[C@H]3OC)C2)cc1.O=CO.